The molecule has 0 fully saturated rings. The first-order chi connectivity index (χ1) is 12.3. The van der Waals surface area contributed by atoms with Crippen molar-refractivity contribution in [1.29, 1.82) is 0 Å². The molecule has 0 saturated heterocycles. The summed E-state index contributed by atoms with van der Waals surface area (Å²) in [6.45, 7) is -0.446. The van der Waals surface area contributed by atoms with E-state index < -0.39 is 36.1 Å². The van der Waals surface area contributed by atoms with E-state index in [9.17, 15) is 18.4 Å². The zero-order valence-electron chi connectivity index (χ0n) is 13.5. The van der Waals surface area contributed by atoms with E-state index in [0.717, 1.165) is 12.1 Å². The lowest BCUT2D eigenvalue weighted by molar-refractivity contribution is -0.129. The van der Waals surface area contributed by atoms with E-state index in [4.69, 9.17) is 27.9 Å². The maximum absolute atomic E-state index is 13.4. The molecule has 0 spiro atoms. The molecule has 9 heteroatoms. The second-order valence-electron chi connectivity index (χ2n) is 5.15. The van der Waals surface area contributed by atoms with Crippen LogP contribution in [-0.4, -0.2) is 25.5 Å². The van der Waals surface area contributed by atoms with Gasteiger partial charge in [-0.25, -0.2) is 8.78 Å². The Morgan fingerprint density at radius 1 is 1.12 bits per heavy atom. The van der Waals surface area contributed by atoms with Gasteiger partial charge in [-0.15, -0.1) is 0 Å². The molecule has 0 radical (unpaired) electrons. The summed E-state index contributed by atoms with van der Waals surface area (Å²) in [5, 5.41) is 5.37. The molecule has 2 amide bonds. The van der Waals surface area contributed by atoms with Crippen LogP contribution >= 0.6 is 23.2 Å². The molecule has 2 aromatic rings. The monoisotopic (exact) mass is 402 g/mol. The maximum Gasteiger partial charge on any atom is 0.258 e. The molecule has 1 atom stereocenters. The Kier molecular flexibility index (Phi) is 6.76. The number of hydrogen-bond acceptors (Lipinski definition) is 3. The Balaban J connectivity index is 2.08. The molecule has 2 N–H and O–H groups in total. The van der Waals surface area contributed by atoms with Gasteiger partial charge in [0, 0.05) is 12.1 Å². The average Bonchev–Trinajstić information content (AvgIpc) is 2.60. The third-order valence-electron chi connectivity index (χ3n) is 3.34. The van der Waals surface area contributed by atoms with Crippen molar-refractivity contribution in [3.8, 4) is 5.75 Å². The summed E-state index contributed by atoms with van der Waals surface area (Å²) in [5.41, 5.74) is 0.0844. The number of carbonyl (C=O) groups excluding carboxylic acids is 2. The van der Waals surface area contributed by atoms with E-state index in [2.05, 4.69) is 10.6 Å². The quantitative estimate of drug-likeness (QED) is 0.778. The molecule has 0 aliphatic carbocycles. The molecular weight excluding hydrogens is 389 g/mol. The summed E-state index contributed by atoms with van der Waals surface area (Å²) >= 11 is 11.7. The zero-order chi connectivity index (χ0) is 19.3. The fourth-order valence-corrected chi connectivity index (χ4v) is 2.54. The van der Waals surface area contributed by atoms with Gasteiger partial charge in [0.05, 0.1) is 5.02 Å². The number of carbonyl (C=O) groups is 2. The number of amides is 2. The lowest BCUT2D eigenvalue weighted by Gasteiger charge is -2.18. The smallest absolute Gasteiger partial charge is 0.258 e. The standard InChI is InChI=1S/C17H14Cl2F2N2O3/c1-22-17(25)16(9-2-4-12(20)13(21)6-9)23-15(24)8-26-14-5-3-10(18)7-11(14)19/h2-7,16H,8H2,1H3,(H,22,25)(H,23,24). The summed E-state index contributed by atoms with van der Waals surface area (Å²) in [6, 6.07) is 6.18. The number of nitrogens with one attached hydrogen (secondary N) is 2. The van der Waals surface area contributed by atoms with Crippen LogP contribution in [0.25, 0.3) is 0 Å². The van der Waals surface area contributed by atoms with Crippen LogP contribution in [0.4, 0.5) is 8.78 Å². The first kappa shape index (κ1) is 19.9. The average molecular weight is 403 g/mol. The van der Waals surface area contributed by atoms with Crippen molar-refractivity contribution in [3.63, 3.8) is 0 Å². The maximum atomic E-state index is 13.4. The highest BCUT2D eigenvalue weighted by atomic mass is 35.5. The lowest BCUT2D eigenvalue weighted by atomic mass is 10.1. The minimum Gasteiger partial charge on any atom is -0.482 e. The molecule has 138 valence electrons. The number of hydrogen-bond donors (Lipinski definition) is 2. The summed E-state index contributed by atoms with van der Waals surface area (Å²) in [6.07, 6.45) is 0. The van der Waals surface area contributed by atoms with Crippen molar-refractivity contribution in [2.24, 2.45) is 0 Å². The topological polar surface area (TPSA) is 67.4 Å². The molecule has 0 aliphatic heterocycles. The van der Waals surface area contributed by atoms with Gasteiger partial charge in [-0.05, 0) is 35.9 Å². The van der Waals surface area contributed by atoms with Gasteiger partial charge in [0.1, 0.15) is 11.8 Å². The molecule has 1 unspecified atom stereocenters. The number of likely N-dealkylation sites (N-methyl/N-ethyl adjacent to an activating group) is 1. The normalized spacial score (nSPS) is 11.6. The van der Waals surface area contributed by atoms with Crippen molar-refractivity contribution in [1.82, 2.24) is 10.6 Å². The molecule has 0 aliphatic rings. The molecule has 26 heavy (non-hydrogen) atoms. The van der Waals surface area contributed by atoms with Crippen LogP contribution in [0.3, 0.4) is 0 Å². The van der Waals surface area contributed by atoms with Crippen LogP contribution in [0.2, 0.25) is 10.0 Å². The van der Waals surface area contributed by atoms with Crippen molar-refractivity contribution in [2.45, 2.75) is 6.04 Å². The fraction of sp³-hybridized carbons (Fsp3) is 0.176. The first-order valence-electron chi connectivity index (χ1n) is 7.35. The van der Waals surface area contributed by atoms with Crippen molar-refractivity contribution < 1.29 is 23.1 Å². The molecule has 2 rings (SSSR count). The predicted octanol–water partition coefficient (Wildman–Crippen LogP) is 3.25. The van der Waals surface area contributed by atoms with E-state index in [1.54, 1.807) is 0 Å². The zero-order valence-corrected chi connectivity index (χ0v) is 15.0. The lowest BCUT2D eigenvalue weighted by Crippen LogP contribution is -2.41. The summed E-state index contributed by atoms with van der Waals surface area (Å²) in [5.74, 6) is -3.22. The number of halogens is 4. The second kappa shape index (κ2) is 8.82. The van der Waals surface area contributed by atoms with E-state index in [1.165, 1.54) is 31.3 Å². The molecule has 0 saturated carbocycles. The highest BCUT2D eigenvalue weighted by molar-refractivity contribution is 6.35. The van der Waals surface area contributed by atoms with E-state index >= 15 is 0 Å². The number of ether oxygens (including phenoxy) is 1. The van der Waals surface area contributed by atoms with Gasteiger partial charge in [-0.1, -0.05) is 29.3 Å². The van der Waals surface area contributed by atoms with Crippen molar-refractivity contribution in [2.75, 3.05) is 13.7 Å². The fourth-order valence-electron chi connectivity index (χ4n) is 2.07. The number of rotatable bonds is 6. The van der Waals surface area contributed by atoms with Crippen LogP contribution in [0, 0.1) is 11.6 Å². The minimum absolute atomic E-state index is 0.0844. The Hall–Kier alpha value is -2.38. The third-order valence-corrected chi connectivity index (χ3v) is 3.87. The van der Waals surface area contributed by atoms with E-state index in [-0.39, 0.29) is 16.3 Å². The molecule has 0 bridgehead atoms. The molecule has 0 heterocycles. The van der Waals surface area contributed by atoms with Gasteiger partial charge in [-0.2, -0.15) is 0 Å². The van der Waals surface area contributed by atoms with Crippen molar-refractivity contribution >= 4 is 35.0 Å². The second-order valence-corrected chi connectivity index (χ2v) is 6.00. The van der Waals surface area contributed by atoms with Crippen LogP contribution < -0.4 is 15.4 Å². The molecule has 2 aromatic carbocycles. The van der Waals surface area contributed by atoms with Gasteiger partial charge in [0.15, 0.2) is 18.2 Å². The van der Waals surface area contributed by atoms with Gasteiger partial charge in [0.25, 0.3) is 5.91 Å². The molecule has 0 aromatic heterocycles. The van der Waals surface area contributed by atoms with E-state index in [1.807, 2.05) is 0 Å². The third kappa shape index (κ3) is 5.06. The number of benzene rings is 2. The van der Waals surface area contributed by atoms with Crippen LogP contribution in [0.5, 0.6) is 5.75 Å². The summed E-state index contributed by atoms with van der Waals surface area (Å²) < 4.78 is 31.8. The first-order valence-corrected chi connectivity index (χ1v) is 8.11. The Morgan fingerprint density at radius 2 is 1.85 bits per heavy atom. The van der Waals surface area contributed by atoms with Gasteiger partial charge >= 0.3 is 0 Å². The van der Waals surface area contributed by atoms with Crippen molar-refractivity contribution in [3.05, 3.63) is 63.6 Å². The summed E-state index contributed by atoms with van der Waals surface area (Å²) in [4.78, 5) is 24.1. The molecular formula is C17H14Cl2F2N2O3. The summed E-state index contributed by atoms with van der Waals surface area (Å²) in [7, 11) is 1.35. The SMILES string of the molecule is CNC(=O)C(NC(=O)COc1ccc(Cl)cc1Cl)c1ccc(F)c(F)c1. The van der Waals surface area contributed by atoms with Crippen LogP contribution in [-0.2, 0) is 9.59 Å². The van der Waals surface area contributed by atoms with Crippen LogP contribution in [0.15, 0.2) is 36.4 Å². The highest BCUT2D eigenvalue weighted by Gasteiger charge is 2.23. The van der Waals surface area contributed by atoms with Gasteiger partial charge < -0.3 is 15.4 Å². The highest BCUT2D eigenvalue weighted by Crippen LogP contribution is 2.27. The largest absolute Gasteiger partial charge is 0.482 e. The minimum atomic E-state index is -1.22. The Bertz CT molecular complexity index is 834. The van der Waals surface area contributed by atoms with Gasteiger partial charge in [-0.3, -0.25) is 9.59 Å². The van der Waals surface area contributed by atoms with E-state index in [0.29, 0.717) is 5.02 Å². The predicted molar refractivity (Wildman–Crippen MR) is 93.3 cm³/mol. The Morgan fingerprint density at radius 3 is 2.46 bits per heavy atom. The van der Waals surface area contributed by atoms with Crippen LogP contribution in [0.1, 0.15) is 11.6 Å². The molecule has 5 nitrogen and oxygen atoms in total. The Labute approximate surface area is 158 Å². The van der Waals surface area contributed by atoms with Gasteiger partial charge in [0.2, 0.25) is 5.91 Å².